The molecule has 0 saturated heterocycles. The monoisotopic (exact) mass is 389 g/mol. The molecule has 0 unspecified atom stereocenters. The smallest absolute Gasteiger partial charge is 0.255 e. The van der Waals surface area contributed by atoms with Gasteiger partial charge in [-0.05, 0) is 47.9 Å². The van der Waals surface area contributed by atoms with Crippen LogP contribution in [0.25, 0.3) is 0 Å². The summed E-state index contributed by atoms with van der Waals surface area (Å²) in [5.41, 5.74) is 3.35. The summed E-state index contributed by atoms with van der Waals surface area (Å²) in [6, 6.07) is 17.0. The van der Waals surface area contributed by atoms with E-state index in [4.69, 9.17) is 9.47 Å². The maximum absolute atomic E-state index is 12.7. The second kappa shape index (κ2) is 8.22. The van der Waals surface area contributed by atoms with Crippen LogP contribution in [0.15, 0.2) is 60.8 Å². The molecule has 0 saturated carbocycles. The summed E-state index contributed by atoms with van der Waals surface area (Å²) in [5.74, 6) is 2.19. The molecule has 2 N–H and O–H groups in total. The van der Waals surface area contributed by atoms with Gasteiger partial charge in [-0.3, -0.25) is 4.79 Å². The van der Waals surface area contributed by atoms with Crippen molar-refractivity contribution in [1.82, 2.24) is 4.98 Å². The molecule has 0 bridgehead atoms. The fourth-order valence-corrected chi connectivity index (χ4v) is 3.06. The van der Waals surface area contributed by atoms with Gasteiger partial charge in [0.25, 0.3) is 5.91 Å². The molecule has 29 heavy (non-hydrogen) atoms. The van der Waals surface area contributed by atoms with Crippen molar-refractivity contribution in [1.29, 1.82) is 0 Å². The molecule has 6 heteroatoms. The number of aromatic nitrogens is 1. The fraction of sp³-hybridized carbons (Fsp3) is 0.217. The lowest BCUT2D eigenvalue weighted by Gasteiger charge is -2.19. The molecule has 1 aromatic heterocycles. The van der Waals surface area contributed by atoms with Gasteiger partial charge in [-0.25, -0.2) is 4.98 Å². The number of nitrogens with one attached hydrogen (secondary N) is 2. The third-order valence-electron chi connectivity index (χ3n) is 4.67. The van der Waals surface area contributed by atoms with E-state index in [1.54, 1.807) is 36.5 Å². The SMILES string of the molecule is CC(C)c1ccc(Nc2cc(C(=O)Nc3ccc4c(c3)OCCO4)ccn2)cc1. The molecule has 2 aromatic carbocycles. The Bertz CT molecular complexity index is 1020. The molecular formula is C23H23N3O3. The van der Waals surface area contributed by atoms with Crippen LogP contribution in [0.4, 0.5) is 17.2 Å². The Morgan fingerprint density at radius 1 is 0.931 bits per heavy atom. The highest BCUT2D eigenvalue weighted by Crippen LogP contribution is 2.32. The van der Waals surface area contributed by atoms with Crippen LogP contribution >= 0.6 is 0 Å². The summed E-state index contributed by atoms with van der Waals surface area (Å²) in [4.78, 5) is 17.0. The fourth-order valence-electron chi connectivity index (χ4n) is 3.06. The highest BCUT2D eigenvalue weighted by molar-refractivity contribution is 6.04. The Morgan fingerprint density at radius 2 is 1.66 bits per heavy atom. The van der Waals surface area contributed by atoms with Crippen LogP contribution in [0, 0.1) is 0 Å². The van der Waals surface area contributed by atoms with Gasteiger partial charge in [0.1, 0.15) is 19.0 Å². The van der Waals surface area contributed by atoms with Crippen LogP contribution in [-0.2, 0) is 0 Å². The molecule has 1 aliphatic heterocycles. The van der Waals surface area contributed by atoms with Crippen LogP contribution < -0.4 is 20.1 Å². The first-order valence-electron chi connectivity index (χ1n) is 9.62. The van der Waals surface area contributed by atoms with Gasteiger partial charge in [0.05, 0.1) is 0 Å². The Hall–Kier alpha value is -3.54. The maximum atomic E-state index is 12.7. The van der Waals surface area contributed by atoms with Crippen molar-refractivity contribution >= 4 is 23.1 Å². The largest absolute Gasteiger partial charge is 0.486 e. The number of fused-ring (bicyclic) bond motifs is 1. The lowest BCUT2D eigenvalue weighted by molar-refractivity contribution is 0.102. The van der Waals surface area contributed by atoms with E-state index < -0.39 is 0 Å². The molecular weight excluding hydrogens is 366 g/mol. The van der Waals surface area contributed by atoms with Crippen LogP contribution in [0.2, 0.25) is 0 Å². The van der Waals surface area contributed by atoms with E-state index in [0.717, 1.165) is 5.69 Å². The summed E-state index contributed by atoms with van der Waals surface area (Å²) in [5, 5.41) is 6.13. The van der Waals surface area contributed by atoms with Crippen LogP contribution in [0.3, 0.4) is 0 Å². The summed E-state index contributed by atoms with van der Waals surface area (Å²) in [6.07, 6.45) is 1.61. The summed E-state index contributed by atoms with van der Waals surface area (Å²) in [7, 11) is 0. The van der Waals surface area contributed by atoms with Crippen LogP contribution in [-0.4, -0.2) is 24.1 Å². The number of benzene rings is 2. The van der Waals surface area contributed by atoms with Gasteiger partial charge in [0.15, 0.2) is 11.5 Å². The Morgan fingerprint density at radius 3 is 2.41 bits per heavy atom. The van der Waals surface area contributed by atoms with E-state index in [9.17, 15) is 4.79 Å². The maximum Gasteiger partial charge on any atom is 0.255 e. The molecule has 0 atom stereocenters. The van der Waals surface area contributed by atoms with Gasteiger partial charge in [-0.2, -0.15) is 0 Å². The molecule has 4 rings (SSSR count). The predicted molar refractivity (Wildman–Crippen MR) is 113 cm³/mol. The molecule has 0 aliphatic carbocycles. The molecule has 0 spiro atoms. The van der Waals surface area contributed by atoms with Crippen molar-refractivity contribution in [3.63, 3.8) is 0 Å². The van der Waals surface area contributed by atoms with E-state index in [0.29, 0.717) is 47.7 Å². The highest BCUT2D eigenvalue weighted by Gasteiger charge is 2.14. The number of hydrogen-bond acceptors (Lipinski definition) is 5. The minimum atomic E-state index is -0.220. The number of pyridine rings is 1. The van der Waals surface area contributed by atoms with Gasteiger partial charge < -0.3 is 20.1 Å². The quantitative estimate of drug-likeness (QED) is 0.644. The molecule has 6 nitrogen and oxygen atoms in total. The van der Waals surface area contributed by atoms with E-state index in [1.807, 2.05) is 12.1 Å². The average molecular weight is 389 g/mol. The molecule has 2 heterocycles. The first-order valence-corrected chi connectivity index (χ1v) is 9.62. The lowest BCUT2D eigenvalue weighted by atomic mass is 10.0. The molecule has 0 radical (unpaired) electrons. The first kappa shape index (κ1) is 18.8. The van der Waals surface area contributed by atoms with Gasteiger partial charge >= 0.3 is 0 Å². The predicted octanol–water partition coefficient (Wildman–Crippen LogP) is 4.97. The van der Waals surface area contributed by atoms with E-state index in [2.05, 4.69) is 41.6 Å². The minimum absolute atomic E-state index is 0.220. The second-order valence-electron chi connectivity index (χ2n) is 7.14. The third kappa shape index (κ3) is 4.48. The Balaban J connectivity index is 1.45. The van der Waals surface area contributed by atoms with Crippen molar-refractivity contribution in [2.45, 2.75) is 19.8 Å². The van der Waals surface area contributed by atoms with E-state index in [-0.39, 0.29) is 5.91 Å². The first-order chi connectivity index (χ1) is 14.1. The van der Waals surface area contributed by atoms with Crippen molar-refractivity contribution in [2.24, 2.45) is 0 Å². The topological polar surface area (TPSA) is 72.5 Å². The Labute approximate surface area is 169 Å². The van der Waals surface area contributed by atoms with Gasteiger partial charge in [0, 0.05) is 29.2 Å². The van der Waals surface area contributed by atoms with E-state index >= 15 is 0 Å². The van der Waals surface area contributed by atoms with Gasteiger partial charge in [-0.15, -0.1) is 0 Å². The third-order valence-corrected chi connectivity index (χ3v) is 4.67. The zero-order chi connectivity index (χ0) is 20.2. The molecule has 3 aromatic rings. The molecule has 1 aliphatic rings. The molecule has 1 amide bonds. The number of carbonyl (C=O) groups excluding carboxylic acids is 1. The van der Waals surface area contributed by atoms with Crippen molar-refractivity contribution in [3.8, 4) is 11.5 Å². The number of ether oxygens (including phenoxy) is 2. The van der Waals surface area contributed by atoms with E-state index in [1.165, 1.54) is 5.56 Å². The van der Waals surface area contributed by atoms with Gasteiger partial charge in [-0.1, -0.05) is 26.0 Å². The van der Waals surface area contributed by atoms with Gasteiger partial charge in [0.2, 0.25) is 0 Å². The minimum Gasteiger partial charge on any atom is -0.486 e. The molecule has 148 valence electrons. The van der Waals surface area contributed by atoms with Crippen molar-refractivity contribution in [2.75, 3.05) is 23.8 Å². The number of hydrogen-bond donors (Lipinski definition) is 2. The number of anilines is 3. The number of rotatable bonds is 5. The van der Waals surface area contributed by atoms with Crippen molar-refractivity contribution in [3.05, 3.63) is 71.9 Å². The second-order valence-corrected chi connectivity index (χ2v) is 7.14. The standard InChI is InChI=1S/C23H23N3O3/c1-15(2)16-3-5-18(6-4-16)25-22-13-17(9-10-24-22)23(27)26-19-7-8-20-21(14-19)29-12-11-28-20/h3-10,13-15H,11-12H2,1-2H3,(H,24,25)(H,26,27). The average Bonchev–Trinajstić information content (AvgIpc) is 2.74. The summed E-state index contributed by atoms with van der Waals surface area (Å²) >= 11 is 0. The Kier molecular flexibility index (Phi) is 5.33. The number of amides is 1. The zero-order valence-corrected chi connectivity index (χ0v) is 16.4. The molecule has 0 fully saturated rings. The lowest BCUT2D eigenvalue weighted by Crippen LogP contribution is -2.16. The summed E-state index contributed by atoms with van der Waals surface area (Å²) < 4.78 is 11.1. The van der Waals surface area contributed by atoms with Crippen LogP contribution in [0.1, 0.15) is 35.7 Å². The zero-order valence-electron chi connectivity index (χ0n) is 16.4. The number of nitrogens with zero attached hydrogens (tertiary/aromatic N) is 1. The summed E-state index contributed by atoms with van der Waals surface area (Å²) in [6.45, 7) is 5.36. The normalized spacial score (nSPS) is 12.5. The van der Waals surface area contributed by atoms with Crippen molar-refractivity contribution < 1.29 is 14.3 Å². The van der Waals surface area contributed by atoms with Crippen LogP contribution in [0.5, 0.6) is 11.5 Å². The highest BCUT2D eigenvalue weighted by atomic mass is 16.6. The number of carbonyl (C=O) groups is 1.